The predicted molar refractivity (Wildman–Crippen MR) is 79.3 cm³/mol. The van der Waals surface area contributed by atoms with Gasteiger partial charge in [-0.2, -0.15) is 0 Å². The third-order valence-corrected chi connectivity index (χ3v) is 7.00. The lowest BCUT2D eigenvalue weighted by Gasteiger charge is -2.63. The maximum absolute atomic E-state index is 2.95. The van der Waals surface area contributed by atoms with Gasteiger partial charge >= 0.3 is 0 Å². The Bertz CT molecular complexity index is 342. The molecule has 4 aliphatic rings. The molecule has 0 N–H and O–H groups in total. The van der Waals surface area contributed by atoms with Crippen LogP contribution < -0.4 is 0 Å². The first-order valence-electron chi connectivity index (χ1n) is 8.82. The molecule has 2 bridgehead atoms. The minimum atomic E-state index is 0.594. The second-order valence-electron chi connectivity index (χ2n) is 7.61. The molecule has 0 amide bonds. The normalized spacial score (nSPS) is 47.5. The molecule has 4 atom stereocenters. The summed E-state index contributed by atoms with van der Waals surface area (Å²) in [6.45, 7) is 8.10. The fourth-order valence-corrected chi connectivity index (χ4v) is 6.07. The van der Waals surface area contributed by atoms with Crippen molar-refractivity contribution in [3.63, 3.8) is 0 Å². The lowest BCUT2D eigenvalue weighted by atomic mass is 9.63. The summed E-state index contributed by atoms with van der Waals surface area (Å²) in [5, 5.41) is 0. The Morgan fingerprint density at radius 3 is 2.84 bits per heavy atom. The van der Waals surface area contributed by atoms with E-state index < -0.39 is 0 Å². The van der Waals surface area contributed by atoms with E-state index in [1.54, 1.807) is 6.42 Å². The first-order valence-corrected chi connectivity index (χ1v) is 8.82. The first-order chi connectivity index (χ1) is 9.33. The zero-order valence-corrected chi connectivity index (χ0v) is 12.6. The predicted octanol–water partition coefficient (Wildman–Crippen LogP) is 3.13. The quantitative estimate of drug-likeness (QED) is 0.716. The molecule has 2 heteroatoms. The number of fused-ring (bicyclic) bond motifs is 6. The van der Waals surface area contributed by atoms with Gasteiger partial charge in [0.25, 0.3) is 0 Å². The molecule has 4 fully saturated rings. The van der Waals surface area contributed by atoms with Crippen LogP contribution in [0.15, 0.2) is 0 Å². The number of nitrogens with zero attached hydrogens (tertiary/aromatic N) is 2. The maximum atomic E-state index is 2.95. The molecule has 0 unspecified atom stereocenters. The Labute approximate surface area is 118 Å². The first kappa shape index (κ1) is 12.6. The SMILES string of the molecule is CC[C@]12CCCCN1C[C@H]1C[C@@H]2CN2CCCC[C@@H]12. The largest absolute Gasteiger partial charge is 0.300 e. The van der Waals surface area contributed by atoms with Crippen molar-refractivity contribution in [1.82, 2.24) is 9.80 Å². The fourth-order valence-electron chi connectivity index (χ4n) is 6.07. The van der Waals surface area contributed by atoms with Gasteiger partial charge in [-0.3, -0.25) is 9.80 Å². The molecule has 2 nitrogen and oxygen atoms in total. The Balaban J connectivity index is 1.63. The zero-order chi connectivity index (χ0) is 12.9. The fraction of sp³-hybridized carbons (Fsp3) is 1.00. The molecule has 0 aromatic rings. The van der Waals surface area contributed by atoms with Gasteiger partial charge in [0.15, 0.2) is 0 Å². The molecular weight excluding hydrogens is 232 g/mol. The topological polar surface area (TPSA) is 6.48 Å². The smallest absolute Gasteiger partial charge is 0.0247 e. The van der Waals surface area contributed by atoms with Crippen LogP contribution >= 0.6 is 0 Å². The Hall–Kier alpha value is -0.0800. The van der Waals surface area contributed by atoms with Gasteiger partial charge < -0.3 is 0 Å². The van der Waals surface area contributed by atoms with Gasteiger partial charge in [0, 0.05) is 24.7 Å². The summed E-state index contributed by atoms with van der Waals surface area (Å²) < 4.78 is 0. The molecule has 0 aromatic carbocycles. The molecular formula is C17H30N2. The monoisotopic (exact) mass is 262 g/mol. The van der Waals surface area contributed by atoms with Crippen LogP contribution in [0.25, 0.3) is 0 Å². The van der Waals surface area contributed by atoms with Crippen LogP contribution in [0.2, 0.25) is 0 Å². The highest BCUT2D eigenvalue weighted by molar-refractivity contribution is 5.08. The third kappa shape index (κ3) is 1.82. The van der Waals surface area contributed by atoms with Crippen molar-refractivity contribution in [2.75, 3.05) is 26.2 Å². The highest BCUT2D eigenvalue weighted by Gasteiger charge is 2.53. The average molecular weight is 262 g/mol. The van der Waals surface area contributed by atoms with E-state index in [0.29, 0.717) is 5.54 Å². The molecule has 4 heterocycles. The highest BCUT2D eigenvalue weighted by Crippen LogP contribution is 2.49. The summed E-state index contributed by atoms with van der Waals surface area (Å²) in [4.78, 5) is 5.84. The number of piperidine rings is 4. The minimum absolute atomic E-state index is 0.594. The molecule has 4 saturated heterocycles. The summed E-state index contributed by atoms with van der Waals surface area (Å²) in [7, 11) is 0. The van der Waals surface area contributed by atoms with Crippen LogP contribution in [0, 0.1) is 11.8 Å². The van der Waals surface area contributed by atoms with Gasteiger partial charge in [0.1, 0.15) is 0 Å². The second kappa shape index (κ2) is 4.73. The summed E-state index contributed by atoms with van der Waals surface area (Å²) in [5.74, 6) is 1.97. The van der Waals surface area contributed by atoms with Crippen molar-refractivity contribution in [2.24, 2.45) is 11.8 Å². The van der Waals surface area contributed by atoms with Crippen LogP contribution in [-0.4, -0.2) is 47.6 Å². The third-order valence-electron chi connectivity index (χ3n) is 7.00. The molecule has 4 aliphatic heterocycles. The van der Waals surface area contributed by atoms with E-state index >= 15 is 0 Å². The molecule has 19 heavy (non-hydrogen) atoms. The summed E-state index contributed by atoms with van der Waals surface area (Å²) in [6.07, 6.45) is 11.8. The van der Waals surface area contributed by atoms with Crippen molar-refractivity contribution in [3.8, 4) is 0 Å². The van der Waals surface area contributed by atoms with E-state index in [0.717, 1.165) is 17.9 Å². The van der Waals surface area contributed by atoms with E-state index in [2.05, 4.69) is 16.7 Å². The van der Waals surface area contributed by atoms with Crippen molar-refractivity contribution in [3.05, 3.63) is 0 Å². The van der Waals surface area contributed by atoms with Gasteiger partial charge in [-0.25, -0.2) is 0 Å². The molecule has 4 rings (SSSR count). The van der Waals surface area contributed by atoms with E-state index in [4.69, 9.17) is 0 Å². The maximum Gasteiger partial charge on any atom is 0.0247 e. The molecule has 0 saturated carbocycles. The standard InChI is InChI=1S/C17H30N2/c1-2-17-8-4-6-10-19(17)12-14-11-15(17)13-18-9-5-3-7-16(14)18/h14-16H,2-13H2,1H3/t14-,15-,16+,17-/m1/s1. The van der Waals surface area contributed by atoms with Crippen molar-refractivity contribution < 1.29 is 0 Å². The van der Waals surface area contributed by atoms with Gasteiger partial charge in [0.2, 0.25) is 0 Å². The summed E-state index contributed by atoms with van der Waals surface area (Å²) in [6, 6.07) is 0.946. The van der Waals surface area contributed by atoms with E-state index in [1.165, 1.54) is 71.1 Å². The average Bonchev–Trinajstić information content (AvgIpc) is 2.47. The van der Waals surface area contributed by atoms with Crippen LogP contribution in [0.3, 0.4) is 0 Å². The van der Waals surface area contributed by atoms with Gasteiger partial charge in [0.05, 0.1) is 0 Å². The zero-order valence-electron chi connectivity index (χ0n) is 12.6. The minimum Gasteiger partial charge on any atom is -0.300 e. The number of hydrogen-bond donors (Lipinski definition) is 0. The molecule has 0 aliphatic carbocycles. The van der Waals surface area contributed by atoms with Crippen molar-refractivity contribution >= 4 is 0 Å². The van der Waals surface area contributed by atoms with Gasteiger partial charge in [-0.15, -0.1) is 0 Å². The Kier molecular flexibility index (Phi) is 3.15. The van der Waals surface area contributed by atoms with E-state index in [1.807, 2.05) is 0 Å². The summed E-state index contributed by atoms with van der Waals surface area (Å²) in [5.41, 5.74) is 0.594. The summed E-state index contributed by atoms with van der Waals surface area (Å²) >= 11 is 0. The Morgan fingerprint density at radius 1 is 1.05 bits per heavy atom. The molecule has 108 valence electrons. The van der Waals surface area contributed by atoms with Crippen LogP contribution in [0.1, 0.15) is 58.3 Å². The van der Waals surface area contributed by atoms with Crippen molar-refractivity contribution in [1.29, 1.82) is 0 Å². The van der Waals surface area contributed by atoms with Crippen molar-refractivity contribution in [2.45, 2.75) is 69.9 Å². The Morgan fingerprint density at radius 2 is 1.95 bits per heavy atom. The lowest BCUT2D eigenvalue weighted by molar-refractivity contribution is -0.125. The molecule has 0 aromatic heterocycles. The second-order valence-corrected chi connectivity index (χ2v) is 7.61. The highest BCUT2D eigenvalue weighted by atomic mass is 15.3. The van der Waals surface area contributed by atoms with Crippen LogP contribution in [-0.2, 0) is 0 Å². The van der Waals surface area contributed by atoms with Gasteiger partial charge in [-0.05, 0) is 63.5 Å². The van der Waals surface area contributed by atoms with Gasteiger partial charge in [-0.1, -0.05) is 19.8 Å². The van der Waals surface area contributed by atoms with Crippen LogP contribution in [0.5, 0.6) is 0 Å². The van der Waals surface area contributed by atoms with E-state index in [-0.39, 0.29) is 0 Å². The van der Waals surface area contributed by atoms with Crippen LogP contribution in [0.4, 0.5) is 0 Å². The van der Waals surface area contributed by atoms with E-state index in [9.17, 15) is 0 Å². The molecule has 0 spiro atoms. The number of hydrogen-bond acceptors (Lipinski definition) is 2. The molecule has 0 radical (unpaired) electrons. The lowest BCUT2D eigenvalue weighted by Crippen LogP contribution is -2.69. The number of rotatable bonds is 1.